The minimum Gasteiger partial charge on any atom is -0.494 e. The van der Waals surface area contributed by atoms with Crippen molar-refractivity contribution in [3.63, 3.8) is 0 Å². The van der Waals surface area contributed by atoms with Crippen molar-refractivity contribution in [2.45, 2.75) is 83.3 Å². The Hall–Kier alpha value is -2.68. The molecule has 0 bridgehead atoms. The highest BCUT2D eigenvalue weighted by atomic mass is 19.1. The van der Waals surface area contributed by atoms with Gasteiger partial charge in [-0.15, -0.1) is 0 Å². The van der Waals surface area contributed by atoms with E-state index in [0.29, 0.717) is 35.6 Å². The Balaban J connectivity index is 1.55. The van der Waals surface area contributed by atoms with Gasteiger partial charge in [0.2, 0.25) is 17.8 Å². The van der Waals surface area contributed by atoms with Gasteiger partial charge >= 0.3 is 0 Å². The number of halogens is 1. The maximum atomic E-state index is 14.2. The first-order chi connectivity index (χ1) is 16.6. The van der Waals surface area contributed by atoms with Gasteiger partial charge in [-0.2, -0.15) is 15.0 Å². The molecule has 186 valence electrons. The molecule has 2 atom stereocenters. The van der Waals surface area contributed by atoms with Crippen molar-refractivity contribution in [2.24, 2.45) is 0 Å². The molecule has 3 N–H and O–H groups in total. The zero-order valence-corrected chi connectivity index (χ0v) is 20.6. The summed E-state index contributed by atoms with van der Waals surface area (Å²) in [5.41, 5.74) is 0.553. The molecule has 2 fully saturated rings. The Morgan fingerprint density at radius 3 is 2.47 bits per heavy atom. The van der Waals surface area contributed by atoms with E-state index in [0.717, 1.165) is 32.4 Å². The Morgan fingerprint density at radius 1 is 1.03 bits per heavy atom. The third-order valence-corrected chi connectivity index (χ3v) is 6.99. The molecule has 1 aliphatic carbocycles. The first-order valence-corrected chi connectivity index (χ1v) is 12.7. The van der Waals surface area contributed by atoms with Crippen LogP contribution in [0.2, 0.25) is 0 Å². The fourth-order valence-electron chi connectivity index (χ4n) is 5.15. The highest BCUT2D eigenvalue weighted by molar-refractivity contribution is 5.57. The summed E-state index contributed by atoms with van der Waals surface area (Å²) < 4.78 is 19.3. The molecule has 1 aliphatic heterocycles. The van der Waals surface area contributed by atoms with E-state index in [1.165, 1.54) is 45.3 Å². The van der Waals surface area contributed by atoms with Crippen LogP contribution in [0, 0.1) is 5.82 Å². The lowest BCUT2D eigenvalue weighted by atomic mass is 10.1. The molecular formula is C25H38FN7O. The van der Waals surface area contributed by atoms with E-state index < -0.39 is 5.82 Å². The largest absolute Gasteiger partial charge is 0.494 e. The maximum absolute atomic E-state index is 14.2. The number of rotatable bonds is 9. The third kappa shape index (κ3) is 6.25. The molecule has 1 aromatic carbocycles. The number of methoxy groups -OCH3 is 1. The van der Waals surface area contributed by atoms with E-state index in [4.69, 9.17) is 9.72 Å². The molecule has 2 aliphatic rings. The number of nitrogens with zero attached hydrogens (tertiary/aromatic N) is 4. The van der Waals surface area contributed by atoms with Gasteiger partial charge in [-0.1, -0.05) is 32.6 Å². The average Bonchev–Trinajstić information content (AvgIpc) is 3.16. The van der Waals surface area contributed by atoms with Crippen molar-refractivity contribution in [3.05, 3.63) is 24.0 Å². The molecule has 9 heteroatoms. The van der Waals surface area contributed by atoms with E-state index >= 15 is 0 Å². The van der Waals surface area contributed by atoms with Crippen molar-refractivity contribution in [1.29, 1.82) is 0 Å². The van der Waals surface area contributed by atoms with Crippen LogP contribution < -0.4 is 20.7 Å². The lowest BCUT2D eigenvalue weighted by molar-refractivity contribution is 0.249. The van der Waals surface area contributed by atoms with Gasteiger partial charge in [0.25, 0.3) is 0 Å². The number of benzene rings is 1. The summed E-state index contributed by atoms with van der Waals surface area (Å²) in [6.07, 6.45) is 9.61. The van der Waals surface area contributed by atoms with E-state index in [2.05, 4.69) is 44.7 Å². The monoisotopic (exact) mass is 471 g/mol. The van der Waals surface area contributed by atoms with Gasteiger partial charge in [0.1, 0.15) is 0 Å². The first kappa shape index (κ1) is 24.4. The fraction of sp³-hybridized carbons (Fsp3) is 0.640. The second-order valence-corrected chi connectivity index (χ2v) is 9.38. The molecule has 8 nitrogen and oxygen atoms in total. The molecule has 34 heavy (non-hydrogen) atoms. The number of nitrogens with one attached hydrogen (secondary N) is 3. The summed E-state index contributed by atoms with van der Waals surface area (Å²) in [5, 5.41) is 10.2. The van der Waals surface area contributed by atoms with E-state index in [1.54, 1.807) is 12.1 Å². The summed E-state index contributed by atoms with van der Waals surface area (Å²) in [7, 11) is 1.45. The van der Waals surface area contributed by atoms with Crippen LogP contribution in [0.3, 0.4) is 0 Å². The Labute approximate surface area is 202 Å². The fourth-order valence-corrected chi connectivity index (χ4v) is 5.15. The Morgan fingerprint density at radius 2 is 1.76 bits per heavy atom. The van der Waals surface area contributed by atoms with Crippen molar-refractivity contribution in [1.82, 2.24) is 19.9 Å². The number of likely N-dealkylation sites (tertiary alicyclic amines) is 1. The van der Waals surface area contributed by atoms with Crippen molar-refractivity contribution >= 4 is 23.5 Å². The normalized spacial score (nSPS) is 20.5. The molecule has 4 rings (SSSR count). The van der Waals surface area contributed by atoms with Crippen LogP contribution in [0.15, 0.2) is 18.2 Å². The second-order valence-electron chi connectivity index (χ2n) is 9.38. The van der Waals surface area contributed by atoms with E-state index in [9.17, 15) is 4.39 Å². The van der Waals surface area contributed by atoms with E-state index in [-0.39, 0.29) is 11.8 Å². The van der Waals surface area contributed by atoms with Crippen LogP contribution in [-0.4, -0.2) is 58.2 Å². The molecule has 0 radical (unpaired) electrons. The predicted octanol–water partition coefficient (Wildman–Crippen LogP) is 5.18. The molecule has 2 heterocycles. The van der Waals surface area contributed by atoms with Gasteiger partial charge in [0.15, 0.2) is 11.6 Å². The van der Waals surface area contributed by atoms with Gasteiger partial charge in [0, 0.05) is 29.9 Å². The lowest BCUT2D eigenvalue weighted by Gasteiger charge is -2.29. The quantitative estimate of drug-likeness (QED) is 0.431. The molecule has 1 saturated carbocycles. The number of aromatic nitrogens is 3. The number of hydrogen-bond donors (Lipinski definition) is 3. The first-order valence-electron chi connectivity index (χ1n) is 12.7. The average molecular weight is 472 g/mol. The van der Waals surface area contributed by atoms with Crippen LogP contribution in [0.4, 0.5) is 27.9 Å². The van der Waals surface area contributed by atoms with Gasteiger partial charge in [0.05, 0.1) is 7.11 Å². The maximum Gasteiger partial charge on any atom is 0.233 e. The number of hydrogen-bond acceptors (Lipinski definition) is 8. The molecule has 1 unspecified atom stereocenters. The number of anilines is 4. The number of ether oxygens (including phenoxy) is 1. The molecule has 0 spiro atoms. The van der Waals surface area contributed by atoms with E-state index in [1.807, 2.05) is 0 Å². The van der Waals surface area contributed by atoms with Crippen molar-refractivity contribution in [2.75, 3.05) is 36.1 Å². The van der Waals surface area contributed by atoms with Crippen LogP contribution in [0.5, 0.6) is 5.75 Å². The highest BCUT2D eigenvalue weighted by Crippen LogP contribution is 2.26. The summed E-state index contributed by atoms with van der Waals surface area (Å²) >= 11 is 0. The number of likely N-dealkylation sites (N-methyl/N-ethyl adjacent to an activating group) is 1. The van der Waals surface area contributed by atoms with Crippen LogP contribution in [0.25, 0.3) is 0 Å². The van der Waals surface area contributed by atoms with Gasteiger partial charge in [-0.25, -0.2) is 4.39 Å². The van der Waals surface area contributed by atoms with Crippen molar-refractivity contribution in [3.8, 4) is 5.75 Å². The summed E-state index contributed by atoms with van der Waals surface area (Å²) in [6.45, 7) is 6.57. The zero-order valence-electron chi connectivity index (χ0n) is 20.6. The smallest absolute Gasteiger partial charge is 0.233 e. The molecule has 0 amide bonds. The highest BCUT2D eigenvalue weighted by Gasteiger charge is 2.28. The van der Waals surface area contributed by atoms with Crippen LogP contribution in [0.1, 0.15) is 65.2 Å². The Kier molecular flexibility index (Phi) is 8.37. The van der Waals surface area contributed by atoms with Gasteiger partial charge < -0.3 is 20.7 Å². The lowest BCUT2D eigenvalue weighted by Crippen LogP contribution is -2.41. The summed E-state index contributed by atoms with van der Waals surface area (Å²) in [4.78, 5) is 16.4. The zero-order chi connectivity index (χ0) is 23.9. The molecule has 2 aromatic rings. The van der Waals surface area contributed by atoms with Gasteiger partial charge in [-0.3, -0.25) is 4.90 Å². The van der Waals surface area contributed by atoms with Crippen LogP contribution >= 0.6 is 0 Å². The molecule has 1 saturated heterocycles. The standard InChI is InChI=1S/C25H38FN7O/c1-4-33-15-9-12-21(33)17(2)27-23-30-24(28-18-10-7-5-6-8-11-18)32-25(31-23)29-19-13-14-22(34-3)20(26)16-19/h13-14,16-18,21H,4-12,15H2,1-3H3,(H3,27,28,29,30,31,32)/t17-,21?/m1/s1. The molecule has 1 aromatic heterocycles. The summed E-state index contributed by atoms with van der Waals surface area (Å²) in [5.74, 6) is 1.21. The van der Waals surface area contributed by atoms with Crippen LogP contribution in [-0.2, 0) is 0 Å². The second kappa shape index (κ2) is 11.6. The third-order valence-electron chi connectivity index (χ3n) is 6.99. The minimum atomic E-state index is -0.439. The molecular weight excluding hydrogens is 433 g/mol. The van der Waals surface area contributed by atoms with Crippen molar-refractivity contribution < 1.29 is 9.13 Å². The Bertz CT molecular complexity index is 935. The summed E-state index contributed by atoms with van der Waals surface area (Å²) in [6, 6.07) is 5.72. The SMILES string of the molecule is CCN1CCCC1[C@@H](C)Nc1nc(Nc2ccc(OC)c(F)c2)nc(NC2CCCCCC2)n1. The van der Waals surface area contributed by atoms with Gasteiger partial charge in [-0.05, 0) is 57.8 Å². The topological polar surface area (TPSA) is 87.2 Å². The minimum absolute atomic E-state index is 0.196. The predicted molar refractivity (Wildman–Crippen MR) is 135 cm³/mol.